The summed E-state index contributed by atoms with van der Waals surface area (Å²) in [5.74, 6) is -0.0324. The van der Waals surface area contributed by atoms with Crippen molar-refractivity contribution in [3.63, 3.8) is 0 Å². The van der Waals surface area contributed by atoms with Crippen molar-refractivity contribution >= 4 is 5.91 Å². The van der Waals surface area contributed by atoms with Crippen molar-refractivity contribution < 1.29 is 9.18 Å². The van der Waals surface area contributed by atoms with Gasteiger partial charge in [0.1, 0.15) is 5.82 Å². The topological polar surface area (TPSA) is 23.6 Å². The lowest BCUT2D eigenvalue weighted by Gasteiger charge is -2.26. The van der Waals surface area contributed by atoms with Crippen LogP contribution < -0.4 is 0 Å². The molecule has 1 aromatic carbocycles. The van der Waals surface area contributed by atoms with Crippen LogP contribution in [-0.4, -0.2) is 29.0 Å². The van der Waals surface area contributed by atoms with Gasteiger partial charge in [-0.25, -0.2) is 9.40 Å². The molecule has 2 heterocycles. The Hall–Kier alpha value is -1.42. The number of benzene rings is 1. The Kier molecular flexibility index (Phi) is 3.28. The zero-order valence-corrected chi connectivity index (χ0v) is 12.1. The van der Waals surface area contributed by atoms with Gasteiger partial charge in [-0.2, -0.15) is 0 Å². The largest absolute Gasteiger partial charge is 0.273 e. The number of hydrazine groups is 1. The lowest BCUT2D eigenvalue weighted by Crippen LogP contribution is -2.36. The van der Waals surface area contributed by atoms with E-state index in [9.17, 15) is 9.18 Å². The van der Waals surface area contributed by atoms with Crippen LogP contribution >= 0.6 is 0 Å². The van der Waals surface area contributed by atoms with Gasteiger partial charge in [0.2, 0.25) is 5.91 Å². The van der Waals surface area contributed by atoms with Gasteiger partial charge in [-0.05, 0) is 37.5 Å². The molecule has 2 fully saturated rings. The van der Waals surface area contributed by atoms with E-state index in [1.54, 1.807) is 12.1 Å². The highest BCUT2D eigenvalue weighted by Crippen LogP contribution is 2.44. The van der Waals surface area contributed by atoms with E-state index in [2.05, 4.69) is 18.9 Å². The highest BCUT2D eigenvalue weighted by atomic mass is 19.1. The van der Waals surface area contributed by atoms with Crippen LogP contribution in [0.2, 0.25) is 0 Å². The summed E-state index contributed by atoms with van der Waals surface area (Å²) in [6.45, 7) is 5.85. The quantitative estimate of drug-likeness (QED) is 0.846. The summed E-state index contributed by atoms with van der Waals surface area (Å²) in [4.78, 5) is 12.8. The van der Waals surface area contributed by atoms with E-state index in [-0.39, 0.29) is 23.2 Å². The molecule has 2 atom stereocenters. The first-order valence-electron chi connectivity index (χ1n) is 7.39. The molecule has 1 amide bonds. The Morgan fingerprint density at radius 1 is 1.45 bits per heavy atom. The molecule has 0 unspecified atom stereocenters. The molecule has 2 aliphatic rings. The predicted octanol–water partition coefficient (Wildman–Crippen LogP) is 3.14. The van der Waals surface area contributed by atoms with Crippen LogP contribution in [0.15, 0.2) is 24.3 Å². The van der Waals surface area contributed by atoms with E-state index in [0.29, 0.717) is 0 Å². The first-order valence-corrected chi connectivity index (χ1v) is 7.39. The van der Waals surface area contributed by atoms with Crippen molar-refractivity contribution in [1.82, 2.24) is 10.0 Å². The maximum absolute atomic E-state index is 13.4. The van der Waals surface area contributed by atoms with Crippen molar-refractivity contribution in [2.45, 2.75) is 39.2 Å². The summed E-state index contributed by atoms with van der Waals surface area (Å²) in [5, 5.41) is 4.03. The van der Waals surface area contributed by atoms with Gasteiger partial charge in [-0.15, -0.1) is 0 Å². The van der Waals surface area contributed by atoms with Crippen molar-refractivity contribution in [2.75, 3.05) is 13.1 Å². The summed E-state index contributed by atoms with van der Waals surface area (Å²) >= 11 is 0. The molecular weight excluding hydrogens is 255 g/mol. The smallest absolute Gasteiger partial charge is 0.244 e. The van der Waals surface area contributed by atoms with Crippen LogP contribution in [0.5, 0.6) is 0 Å². The fourth-order valence-corrected chi connectivity index (χ4v) is 3.63. The van der Waals surface area contributed by atoms with Crippen molar-refractivity contribution in [3.8, 4) is 0 Å². The van der Waals surface area contributed by atoms with Crippen LogP contribution in [0.1, 0.15) is 44.7 Å². The number of rotatable bonds is 3. The summed E-state index contributed by atoms with van der Waals surface area (Å²) in [5.41, 5.74) is 0.627. The maximum Gasteiger partial charge on any atom is 0.244 e. The molecule has 20 heavy (non-hydrogen) atoms. The van der Waals surface area contributed by atoms with Gasteiger partial charge >= 0.3 is 0 Å². The lowest BCUT2D eigenvalue weighted by molar-refractivity contribution is -0.142. The molecule has 0 spiro atoms. The Morgan fingerprint density at radius 3 is 2.95 bits per heavy atom. The van der Waals surface area contributed by atoms with Crippen LogP contribution in [-0.2, 0) is 4.79 Å². The van der Waals surface area contributed by atoms with Gasteiger partial charge in [-0.1, -0.05) is 25.5 Å². The summed E-state index contributed by atoms with van der Waals surface area (Å²) in [6, 6.07) is 6.64. The monoisotopic (exact) mass is 276 g/mol. The third-order valence-electron chi connectivity index (χ3n) is 4.55. The Labute approximate surface area is 119 Å². The minimum atomic E-state index is -0.277. The number of carbonyl (C=O) groups excluding carboxylic acids is 1. The van der Waals surface area contributed by atoms with Gasteiger partial charge in [0.25, 0.3) is 0 Å². The Morgan fingerprint density at radius 2 is 2.25 bits per heavy atom. The van der Waals surface area contributed by atoms with Gasteiger partial charge in [0.05, 0.1) is 11.5 Å². The number of hydrogen-bond donors (Lipinski definition) is 0. The van der Waals surface area contributed by atoms with E-state index >= 15 is 0 Å². The average Bonchev–Trinajstić information content (AvgIpc) is 2.90. The van der Waals surface area contributed by atoms with Crippen molar-refractivity contribution in [3.05, 3.63) is 35.6 Å². The van der Waals surface area contributed by atoms with Crippen LogP contribution in [0.25, 0.3) is 0 Å². The van der Waals surface area contributed by atoms with Crippen LogP contribution in [0, 0.1) is 11.2 Å². The average molecular weight is 276 g/mol. The van der Waals surface area contributed by atoms with Gasteiger partial charge in [0, 0.05) is 13.1 Å². The van der Waals surface area contributed by atoms with E-state index in [1.165, 1.54) is 6.07 Å². The molecular formula is C16H21FN2O. The maximum atomic E-state index is 13.4. The number of carbonyl (C=O) groups is 1. The van der Waals surface area contributed by atoms with Gasteiger partial charge in [0.15, 0.2) is 0 Å². The fourth-order valence-electron chi connectivity index (χ4n) is 3.63. The number of nitrogens with zero attached hydrogens (tertiary/aromatic N) is 2. The Bertz CT molecular complexity index is 533. The van der Waals surface area contributed by atoms with Gasteiger partial charge in [-0.3, -0.25) is 9.80 Å². The standard InChI is InChI=1S/C16H21FN2O/c1-3-8-16(2)11-18-9-7-14(19(18)15(16)20)12-5-4-6-13(17)10-12/h4-6,10,14H,3,7-9,11H2,1-2H3/t14-,16-/m0/s1. The third-order valence-corrected chi connectivity index (χ3v) is 4.55. The van der Waals surface area contributed by atoms with E-state index in [1.807, 2.05) is 11.1 Å². The van der Waals surface area contributed by atoms with Crippen molar-refractivity contribution in [2.24, 2.45) is 5.41 Å². The molecule has 108 valence electrons. The van der Waals surface area contributed by atoms with E-state index < -0.39 is 0 Å². The summed E-state index contributed by atoms with van der Waals surface area (Å²) in [7, 11) is 0. The molecule has 2 saturated heterocycles. The fraction of sp³-hybridized carbons (Fsp3) is 0.562. The zero-order valence-electron chi connectivity index (χ0n) is 12.1. The number of fused-ring (bicyclic) bond motifs is 1. The molecule has 4 heteroatoms. The highest BCUT2D eigenvalue weighted by molar-refractivity contribution is 5.84. The lowest BCUT2D eigenvalue weighted by atomic mass is 9.85. The molecule has 0 saturated carbocycles. The number of hydrogen-bond acceptors (Lipinski definition) is 2. The van der Waals surface area contributed by atoms with Crippen LogP contribution in [0.4, 0.5) is 4.39 Å². The normalized spacial score (nSPS) is 30.1. The first-order chi connectivity index (χ1) is 9.55. The van der Waals surface area contributed by atoms with Crippen molar-refractivity contribution in [1.29, 1.82) is 0 Å². The Balaban J connectivity index is 1.89. The highest BCUT2D eigenvalue weighted by Gasteiger charge is 2.52. The SMILES string of the molecule is CCC[C@@]1(C)CN2CC[C@@H](c3cccc(F)c3)N2C1=O. The molecule has 0 radical (unpaired) electrons. The zero-order chi connectivity index (χ0) is 14.3. The minimum absolute atomic E-state index is 0.00289. The van der Waals surface area contributed by atoms with Crippen LogP contribution in [0.3, 0.4) is 0 Å². The minimum Gasteiger partial charge on any atom is -0.273 e. The second kappa shape index (κ2) is 4.85. The molecule has 1 aromatic rings. The predicted molar refractivity (Wildman–Crippen MR) is 75.2 cm³/mol. The number of amides is 1. The summed E-state index contributed by atoms with van der Waals surface area (Å²) in [6.07, 6.45) is 2.81. The second-order valence-corrected chi connectivity index (χ2v) is 6.21. The second-order valence-electron chi connectivity index (χ2n) is 6.21. The molecule has 3 nitrogen and oxygen atoms in total. The molecule has 0 bridgehead atoms. The summed E-state index contributed by atoms with van der Waals surface area (Å²) < 4.78 is 13.4. The van der Waals surface area contributed by atoms with Gasteiger partial charge < -0.3 is 0 Å². The molecule has 0 aliphatic carbocycles. The molecule has 2 aliphatic heterocycles. The first kappa shape index (κ1) is 13.6. The molecule has 0 N–H and O–H groups in total. The number of halogens is 1. The molecule has 0 aromatic heterocycles. The molecule has 3 rings (SSSR count). The van der Waals surface area contributed by atoms with E-state index in [4.69, 9.17) is 0 Å². The van der Waals surface area contributed by atoms with E-state index in [0.717, 1.165) is 37.9 Å². The third kappa shape index (κ3) is 2.03.